The van der Waals surface area contributed by atoms with Crippen LogP contribution in [0.2, 0.25) is 0 Å². The highest BCUT2D eigenvalue weighted by atomic mass is 16.3. The number of carbonyl (C=O) groups is 1. The molecule has 1 heterocycles. The molecule has 0 aromatic rings. The van der Waals surface area contributed by atoms with Gasteiger partial charge in [-0.05, 0) is 31.6 Å². The van der Waals surface area contributed by atoms with Crippen LogP contribution in [0.3, 0.4) is 0 Å². The first-order valence-electron chi connectivity index (χ1n) is 8.54. The summed E-state index contributed by atoms with van der Waals surface area (Å²) in [4.78, 5) is 14.8. The highest BCUT2D eigenvalue weighted by Gasteiger charge is 2.37. The molecule has 1 aliphatic carbocycles. The Kier molecular flexibility index (Phi) is 5.31. The minimum Gasteiger partial charge on any atom is -0.393 e. The van der Waals surface area contributed by atoms with E-state index >= 15 is 0 Å². The molecular weight excluding hydrogens is 264 g/mol. The average molecular weight is 296 g/mol. The van der Waals surface area contributed by atoms with Crippen molar-refractivity contribution in [3.8, 4) is 0 Å². The van der Waals surface area contributed by atoms with Gasteiger partial charge in [-0.25, -0.2) is 0 Å². The Morgan fingerprint density at radius 2 is 2.00 bits per heavy atom. The van der Waals surface area contributed by atoms with Gasteiger partial charge in [0.2, 0.25) is 5.91 Å². The number of hydrogen-bond acceptors (Lipinski definition) is 3. The molecule has 1 saturated heterocycles. The number of carbonyl (C=O) groups excluding carboxylic acids is 1. The third kappa shape index (κ3) is 4.19. The van der Waals surface area contributed by atoms with Gasteiger partial charge in [0.15, 0.2) is 0 Å². The number of aliphatic hydroxyl groups excluding tert-OH is 1. The molecular formula is C17H32N2O2. The first-order valence-corrected chi connectivity index (χ1v) is 8.54. The van der Waals surface area contributed by atoms with Crippen LogP contribution in [0.15, 0.2) is 0 Å². The van der Waals surface area contributed by atoms with Gasteiger partial charge in [0, 0.05) is 30.6 Å². The second-order valence-electron chi connectivity index (χ2n) is 7.93. The molecule has 0 bridgehead atoms. The van der Waals surface area contributed by atoms with Crippen molar-refractivity contribution in [2.45, 2.75) is 78.0 Å². The number of piperidine rings is 1. The van der Waals surface area contributed by atoms with E-state index in [2.05, 4.69) is 10.2 Å². The first kappa shape index (κ1) is 16.8. The van der Waals surface area contributed by atoms with Crippen LogP contribution >= 0.6 is 0 Å². The zero-order chi connectivity index (χ0) is 15.6. The lowest BCUT2D eigenvalue weighted by atomic mass is 9.83. The van der Waals surface area contributed by atoms with Gasteiger partial charge in [-0.1, -0.05) is 34.1 Å². The fourth-order valence-corrected chi connectivity index (χ4v) is 3.34. The van der Waals surface area contributed by atoms with Gasteiger partial charge in [-0.15, -0.1) is 0 Å². The molecule has 122 valence electrons. The van der Waals surface area contributed by atoms with E-state index in [0.717, 1.165) is 25.9 Å². The highest BCUT2D eigenvalue weighted by Crippen LogP contribution is 2.31. The summed E-state index contributed by atoms with van der Waals surface area (Å²) < 4.78 is 0. The Morgan fingerprint density at radius 3 is 2.48 bits per heavy atom. The van der Waals surface area contributed by atoms with Crippen LogP contribution in [0.1, 0.15) is 59.8 Å². The number of amides is 1. The molecule has 0 spiro atoms. The van der Waals surface area contributed by atoms with E-state index in [0.29, 0.717) is 6.04 Å². The maximum atomic E-state index is 12.2. The van der Waals surface area contributed by atoms with Crippen molar-refractivity contribution in [1.29, 1.82) is 0 Å². The molecule has 0 radical (unpaired) electrons. The maximum Gasteiger partial charge on any atom is 0.225 e. The van der Waals surface area contributed by atoms with Gasteiger partial charge in [0.25, 0.3) is 0 Å². The first-order chi connectivity index (χ1) is 9.81. The molecule has 4 heteroatoms. The second kappa shape index (κ2) is 6.66. The molecule has 3 unspecified atom stereocenters. The van der Waals surface area contributed by atoms with Crippen molar-refractivity contribution in [2.24, 2.45) is 11.3 Å². The van der Waals surface area contributed by atoms with Gasteiger partial charge < -0.3 is 10.4 Å². The quantitative estimate of drug-likeness (QED) is 0.836. The molecule has 2 rings (SSSR count). The molecule has 2 fully saturated rings. The summed E-state index contributed by atoms with van der Waals surface area (Å²) in [6, 6.07) is 0.850. The zero-order valence-electron chi connectivity index (χ0n) is 14.1. The summed E-state index contributed by atoms with van der Waals surface area (Å²) in [7, 11) is 0. The van der Waals surface area contributed by atoms with E-state index in [9.17, 15) is 9.90 Å². The number of hydrogen-bond donors (Lipinski definition) is 2. The average Bonchev–Trinajstić information content (AvgIpc) is 2.34. The van der Waals surface area contributed by atoms with Crippen LogP contribution in [-0.2, 0) is 4.79 Å². The summed E-state index contributed by atoms with van der Waals surface area (Å²) in [6.45, 7) is 9.82. The van der Waals surface area contributed by atoms with Crippen LogP contribution in [-0.4, -0.2) is 47.2 Å². The largest absolute Gasteiger partial charge is 0.393 e. The Hall–Kier alpha value is -0.610. The number of aliphatic hydroxyl groups is 1. The summed E-state index contributed by atoms with van der Waals surface area (Å²) in [6.07, 6.45) is 5.32. The number of likely N-dealkylation sites (tertiary alicyclic amines) is 1. The van der Waals surface area contributed by atoms with Gasteiger partial charge in [-0.2, -0.15) is 0 Å². The van der Waals surface area contributed by atoms with Crippen molar-refractivity contribution in [3.63, 3.8) is 0 Å². The molecule has 1 saturated carbocycles. The zero-order valence-corrected chi connectivity index (χ0v) is 14.1. The topological polar surface area (TPSA) is 52.6 Å². The Bertz CT molecular complexity index is 348. The van der Waals surface area contributed by atoms with E-state index in [1.54, 1.807) is 0 Å². The fourth-order valence-electron chi connectivity index (χ4n) is 3.34. The molecule has 0 aromatic carbocycles. The normalized spacial score (nSPS) is 29.8. The lowest BCUT2D eigenvalue weighted by Gasteiger charge is -2.46. The van der Waals surface area contributed by atoms with Gasteiger partial charge in [-0.3, -0.25) is 9.69 Å². The van der Waals surface area contributed by atoms with Crippen molar-refractivity contribution >= 4 is 5.91 Å². The molecule has 0 aromatic heterocycles. The Morgan fingerprint density at radius 1 is 1.33 bits per heavy atom. The lowest BCUT2D eigenvalue weighted by Crippen LogP contribution is -2.57. The molecule has 1 aliphatic heterocycles. The highest BCUT2D eigenvalue weighted by molar-refractivity contribution is 5.81. The molecule has 21 heavy (non-hydrogen) atoms. The predicted molar refractivity (Wildman–Crippen MR) is 85.0 cm³/mol. The van der Waals surface area contributed by atoms with Gasteiger partial charge in [0.05, 0.1) is 6.10 Å². The molecule has 1 amide bonds. The SMILES string of the molecule is CCC(O)C1CC(NC(=O)C(C)(C)C)CN(C2CCC2)C1. The van der Waals surface area contributed by atoms with E-state index < -0.39 is 0 Å². The van der Waals surface area contributed by atoms with Gasteiger partial charge in [0.1, 0.15) is 0 Å². The van der Waals surface area contributed by atoms with Crippen LogP contribution in [0, 0.1) is 11.3 Å². The monoisotopic (exact) mass is 296 g/mol. The van der Waals surface area contributed by atoms with E-state index in [1.807, 2.05) is 27.7 Å². The molecule has 3 atom stereocenters. The fraction of sp³-hybridized carbons (Fsp3) is 0.941. The third-order valence-electron chi connectivity index (χ3n) is 5.08. The summed E-state index contributed by atoms with van der Waals surface area (Å²) >= 11 is 0. The van der Waals surface area contributed by atoms with E-state index in [4.69, 9.17) is 0 Å². The maximum absolute atomic E-state index is 12.2. The summed E-state index contributed by atoms with van der Waals surface area (Å²) in [5, 5.41) is 13.5. The van der Waals surface area contributed by atoms with E-state index in [-0.39, 0.29) is 29.4 Å². The summed E-state index contributed by atoms with van der Waals surface area (Å²) in [5.74, 6) is 0.405. The van der Waals surface area contributed by atoms with Crippen LogP contribution < -0.4 is 5.32 Å². The van der Waals surface area contributed by atoms with Crippen molar-refractivity contribution in [1.82, 2.24) is 10.2 Å². The number of nitrogens with zero attached hydrogens (tertiary/aromatic N) is 1. The smallest absolute Gasteiger partial charge is 0.225 e. The van der Waals surface area contributed by atoms with E-state index in [1.165, 1.54) is 19.3 Å². The van der Waals surface area contributed by atoms with Gasteiger partial charge >= 0.3 is 0 Å². The van der Waals surface area contributed by atoms with Crippen molar-refractivity contribution in [3.05, 3.63) is 0 Å². The predicted octanol–water partition coefficient (Wildman–Crippen LogP) is 2.16. The minimum atomic E-state index is -0.350. The summed E-state index contributed by atoms with van der Waals surface area (Å²) in [5.41, 5.74) is -0.350. The molecule has 4 nitrogen and oxygen atoms in total. The Labute approximate surface area is 129 Å². The Balaban J connectivity index is 2.00. The van der Waals surface area contributed by atoms with Crippen molar-refractivity contribution < 1.29 is 9.90 Å². The second-order valence-corrected chi connectivity index (χ2v) is 7.93. The van der Waals surface area contributed by atoms with Crippen LogP contribution in [0.5, 0.6) is 0 Å². The van der Waals surface area contributed by atoms with Crippen molar-refractivity contribution in [2.75, 3.05) is 13.1 Å². The molecule has 2 aliphatic rings. The number of rotatable bonds is 4. The molecule has 2 N–H and O–H groups in total. The third-order valence-corrected chi connectivity index (χ3v) is 5.08. The van der Waals surface area contributed by atoms with Crippen LogP contribution in [0.25, 0.3) is 0 Å². The minimum absolute atomic E-state index is 0.118. The van der Waals surface area contributed by atoms with Crippen LogP contribution in [0.4, 0.5) is 0 Å². The lowest BCUT2D eigenvalue weighted by molar-refractivity contribution is -0.130. The number of nitrogens with one attached hydrogen (secondary N) is 1. The standard InChI is InChI=1S/C17H32N2O2/c1-5-15(20)12-9-13(18-16(21)17(2,3)4)11-19(10-12)14-7-6-8-14/h12-15,20H,5-11H2,1-4H3,(H,18,21).